The third-order valence-electron chi connectivity index (χ3n) is 4.45. The number of nitrogens with zero attached hydrogens (tertiary/aromatic N) is 2. The predicted octanol–water partition coefficient (Wildman–Crippen LogP) is 3.87. The van der Waals surface area contributed by atoms with Gasteiger partial charge in [0.05, 0.1) is 11.4 Å². The van der Waals surface area contributed by atoms with Gasteiger partial charge in [-0.05, 0) is 43.0 Å². The predicted molar refractivity (Wildman–Crippen MR) is 124 cm³/mol. The van der Waals surface area contributed by atoms with E-state index >= 15 is 0 Å². The van der Waals surface area contributed by atoms with Crippen LogP contribution in [-0.2, 0) is 0 Å². The van der Waals surface area contributed by atoms with Crippen LogP contribution < -0.4 is 22.1 Å². The van der Waals surface area contributed by atoms with Crippen LogP contribution in [0.25, 0.3) is 10.8 Å². The Morgan fingerprint density at radius 2 is 1.53 bits per heavy atom. The number of amides is 2. The lowest BCUT2D eigenvalue weighted by molar-refractivity contribution is 0.262. The molecule has 0 fully saturated rings. The van der Waals surface area contributed by atoms with Crippen LogP contribution >= 0.6 is 0 Å². The molecule has 3 aromatic rings. The summed E-state index contributed by atoms with van der Waals surface area (Å²) < 4.78 is 0. The monoisotopic (exact) mass is 401 g/mol. The summed E-state index contributed by atoms with van der Waals surface area (Å²) in [6.07, 6.45) is 0. The first-order valence-electron chi connectivity index (χ1n) is 9.24. The Labute approximate surface area is 174 Å². The molecule has 0 saturated heterocycles. The molecule has 0 unspecified atom stereocenters. The Balaban J connectivity index is 1.85. The molecule has 0 aliphatic rings. The molecule has 0 heterocycles. The van der Waals surface area contributed by atoms with E-state index in [0.29, 0.717) is 22.8 Å². The standard InChI is InChI=1S/C22H23N7O/c1-13(23)15-7-9-16(10-8-15)26-22(30)27-20-12-11-17(14(2)28-29-21(24)25)18-5-3-4-6-19(18)20/h3-12,23H,1-2H3,(H4,24,25,29)(H2,26,27,30)/b23-13?,28-14-. The highest BCUT2D eigenvalue weighted by Gasteiger charge is 2.11. The maximum atomic E-state index is 12.5. The zero-order chi connectivity index (χ0) is 21.7. The van der Waals surface area contributed by atoms with Crippen LogP contribution in [0.5, 0.6) is 0 Å². The van der Waals surface area contributed by atoms with Gasteiger partial charge in [0.25, 0.3) is 0 Å². The second kappa shape index (κ2) is 8.87. The van der Waals surface area contributed by atoms with Gasteiger partial charge in [0.1, 0.15) is 0 Å². The Morgan fingerprint density at radius 1 is 0.867 bits per heavy atom. The molecule has 0 atom stereocenters. The number of carbonyl (C=O) groups is 1. The van der Waals surface area contributed by atoms with Crippen LogP contribution in [0.4, 0.5) is 16.2 Å². The number of carbonyl (C=O) groups excluding carboxylic acids is 1. The van der Waals surface area contributed by atoms with Crippen molar-refractivity contribution in [1.82, 2.24) is 0 Å². The topological polar surface area (TPSA) is 142 Å². The lowest BCUT2D eigenvalue weighted by atomic mass is 10.00. The third-order valence-corrected chi connectivity index (χ3v) is 4.45. The highest BCUT2D eigenvalue weighted by Crippen LogP contribution is 2.27. The molecule has 0 radical (unpaired) electrons. The second-order valence-corrected chi connectivity index (χ2v) is 6.70. The fraction of sp³-hybridized carbons (Fsp3) is 0.0909. The van der Waals surface area contributed by atoms with Crippen molar-refractivity contribution in [3.05, 3.63) is 71.8 Å². The number of nitrogens with two attached hydrogens (primary N) is 2. The van der Waals surface area contributed by atoms with Crippen LogP contribution in [-0.4, -0.2) is 23.4 Å². The van der Waals surface area contributed by atoms with Crippen LogP contribution in [0.3, 0.4) is 0 Å². The van der Waals surface area contributed by atoms with Crippen LogP contribution in [0.1, 0.15) is 25.0 Å². The number of anilines is 2. The molecule has 8 heteroatoms. The molecule has 2 amide bonds. The number of benzene rings is 3. The quantitative estimate of drug-likeness (QED) is 0.252. The number of urea groups is 1. The Kier molecular flexibility index (Phi) is 6.07. The van der Waals surface area contributed by atoms with Crippen molar-refractivity contribution in [1.29, 1.82) is 5.41 Å². The summed E-state index contributed by atoms with van der Waals surface area (Å²) in [5.41, 5.74) is 14.8. The molecular weight excluding hydrogens is 378 g/mol. The summed E-state index contributed by atoms with van der Waals surface area (Å²) >= 11 is 0. The SMILES string of the molecule is CC(=N)c1ccc(NC(=O)Nc2ccc(/C(C)=N\N=C(N)N)c3ccccc23)cc1. The van der Waals surface area contributed by atoms with E-state index < -0.39 is 0 Å². The first kappa shape index (κ1) is 20.5. The Bertz CT molecular complexity index is 1160. The van der Waals surface area contributed by atoms with E-state index in [9.17, 15) is 4.79 Å². The smallest absolute Gasteiger partial charge is 0.323 e. The largest absolute Gasteiger partial charge is 0.369 e. The zero-order valence-electron chi connectivity index (χ0n) is 16.7. The van der Waals surface area contributed by atoms with E-state index in [1.165, 1.54) is 0 Å². The summed E-state index contributed by atoms with van der Waals surface area (Å²) in [5, 5.41) is 22.9. The summed E-state index contributed by atoms with van der Waals surface area (Å²) in [5.74, 6) is -0.113. The van der Waals surface area contributed by atoms with Crippen LogP contribution in [0.2, 0.25) is 0 Å². The molecule has 0 aromatic heterocycles. The van der Waals surface area contributed by atoms with E-state index in [4.69, 9.17) is 16.9 Å². The molecule has 8 nitrogen and oxygen atoms in total. The average molecular weight is 401 g/mol. The first-order chi connectivity index (χ1) is 14.3. The normalized spacial score (nSPS) is 11.1. The summed E-state index contributed by atoms with van der Waals surface area (Å²) in [6, 6.07) is 18.1. The number of hydrogen-bond donors (Lipinski definition) is 5. The van der Waals surface area contributed by atoms with E-state index in [-0.39, 0.29) is 12.0 Å². The number of nitrogens with one attached hydrogen (secondary N) is 3. The fourth-order valence-electron chi connectivity index (χ4n) is 3.00. The van der Waals surface area contributed by atoms with Crippen molar-refractivity contribution in [2.24, 2.45) is 21.7 Å². The Hall–Kier alpha value is -4.20. The highest BCUT2D eigenvalue weighted by molar-refractivity contribution is 6.14. The van der Waals surface area contributed by atoms with Gasteiger partial charge >= 0.3 is 6.03 Å². The van der Waals surface area contributed by atoms with Gasteiger partial charge in [-0.15, -0.1) is 5.10 Å². The second-order valence-electron chi connectivity index (χ2n) is 6.70. The van der Waals surface area contributed by atoms with Gasteiger partial charge < -0.3 is 27.5 Å². The summed E-state index contributed by atoms with van der Waals surface area (Å²) in [6.45, 7) is 3.53. The van der Waals surface area contributed by atoms with Crippen molar-refractivity contribution in [3.8, 4) is 0 Å². The summed E-state index contributed by atoms with van der Waals surface area (Å²) in [4.78, 5) is 12.5. The van der Waals surface area contributed by atoms with Gasteiger partial charge in [-0.3, -0.25) is 0 Å². The van der Waals surface area contributed by atoms with E-state index in [1.807, 2.05) is 43.3 Å². The molecule has 0 bridgehead atoms. The number of fused-ring (bicyclic) bond motifs is 1. The zero-order valence-corrected chi connectivity index (χ0v) is 16.7. The van der Waals surface area contributed by atoms with Crippen molar-refractivity contribution in [2.75, 3.05) is 10.6 Å². The molecule has 3 rings (SSSR count). The lowest BCUT2D eigenvalue weighted by Crippen LogP contribution is -2.22. The van der Waals surface area contributed by atoms with E-state index in [0.717, 1.165) is 21.9 Å². The molecule has 30 heavy (non-hydrogen) atoms. The van der Waals surface area contributed by atoms with E-state index in [1.54, 1.807) is 31.2 Å². The molecule has 152 valence electrons. The molecule has 0 saturated carbocycles. The van der Waals surface area contributed by atoms with Gasteiger partial charge in [0, 0.05) is 22.3 Å². The maximum Gasteiger partial charge on any atom is 0.323 e. The maximum absolute atomic E-state index is 12.5. The van der Waals surface area contributed by atoms with Crippen LogP contribution in [0.15, 0.2) is 70.9 Å². The minimum atomic E-state index is -0.363. The van der Waals surface area contributed by atoms with Gasteiger partial charge in [0.2, 0.25) is 5.96 Å². The van der Waals surface area contributed by atoms with Crippen LogP contribution in [0, 0.1) is 5.41 Å². The van der Waals surface area contributed by atoms with Crippen molar-refractivity contribution in [2.45, 2.75) is 13.8 Å². The van der Waals surface area contributed by atoms with Crippen molar-refractivity contribution in [3.63, 3.8) is 0 Å². The average Bonchev–Trinajstić information content (AvgIpc) is 2.72. The Morgan fingerprint density at radius 3 is 2.17 bits per heavy atom. The lowest BCUT2D eigenvalue weighted by Gasteiger charge is -2.13. The minimum Gasteiger partial charge on any atom is -0.369 e. The summed E-state index contributed by atoms with van der Waals surface area (Å²) in [7, 11) is 0. The van der Waals surface area contributed by atoms with Crippen molar-refractivity contribution < 1.29 is 4.79 Å². The van der Waals surface area contributed by atoms with Crippen molar-refractivity contribution >= 4 is 45.6 Å². The van der Waals surface area contributed by atoms with Gasteiger partial charge in [-0.25, -0.2) is 4.79 Å². The molecule has 0 aliphatic carbocycles. The van der Waals surface area contributed by atoms with E-state index in [2.05, 4.69) is 20.8 Å². The van der Waals surface area contributed by atoms with Gasteiger partial charge in [0.15, 0.2) is 0 Å². The first-order valence-corrected chi connectivity index (χ1v) is 9.24. The number of guanidine groups is 1. The fourth-order valence-corrected chi connectivity index (χ4v) is 3.00. The molecule has 7 N–H and O–H groups in total. The van der Waals surface area contributed by atoms with Gasteiger partial charge in [-0.2, -0.15) is 5.10 Å². The third kappa shape index (κ3) is 4.79. The molecule has 0 aliphatic heterocycles. The molecule has 0 spiro atoms. The molecular formula is C22H23N7O. The highest BCUT2D eigenvalue weighted by atomic mass is 16.2. The van der Waals surface area contributed by atoms with Gasteiger partial charge in [-0.1, -0.05) is 42.5 Å². The minimum absolute atomic E-state index is 0.113. The number of hydrogen-bond acceptors (Lipinski definition) is 4. The molecule has 3 aromatic carbocycles. The number of rotatable bonds is 5.